The van der Waals surface area contributed by atoms with Crippen molar-refractivity contribution in [3.63, 3.8) is 0 Å². The van der Waals surface area contributed by atoms with E-state index in [1.165, 1.54) is 11.5 Å². The third-order valence-electron chi connectivity index (χ3n) is 7.56. The van der Waals surface area contributed by atoms with Crippen LogP contribution in [0.15, 0.2) is 29.1 Å². The second-order valence-electron chi connectivity index (χ2n) is 11.6. The Kier molecular flexibility index (Phi) is 9.33. The number of ether oxygens (including phenoxy) is 3. The minimum Gasteiger partial charge on any atom is -0.497 e. The van der Waals surface area contributed by atoms with E-state index in [2.05, 4.69) is 10.6 Å². The Balaban J connectivity index is 1.76. The molecule has 0 bridgehead atoms. The fourth-order valence-corrected chi connectivity index (χ4v) is 5.42. The molecule has 1 aliphatic rings. The molecule has 4 rings (SSSR count). The van der Waals surface area contributed by atoms with Crippen LogP contribution < -0.4 is 20.9 Å². The van der Waals surface area contributed by atoms with Gasteiger partial charge in [0.25, 0.3) is 11.5 Å². The first kappa shape index (κ1) is 32.5. The summed E-state index contributed by atoms with van der Waals surface area (Å²) < 4.78 is 17.4. The summed E-state index contributed by atoms with van der Waals surface area (Å²) in [5, 5.41) is 18.0. The third kappa shape index (κ3) is 6.40. The van der Waals surface area contributed by atoms with Gasteiger partial charge in [-0.1, -0.05) is 13.8 Å². The predicted octanol–water partition coefficient (Wildman–Crippen LogP) is 3.30. The fourth-order valence-electron chi connectivity index (χ4n) is 5.42. The van der Waals surface area contributed by atoms with Gasteiger partial charge in [-0.05, 0) is 63.4 Å². The highest BCUT2D eigenvalue weighted by Crippen LogP contribution is 2.39. The van der Waals surface area contributed by atoms with Gasteiger partial charge in [0.1, 0.15) is 18.0 Å². The van der Waals surface area contributed by atoms with Crippen molar-refractivity contribution in [3.8, 4) is 17.1 Å². The lowest BCUT2D eigenvalue weighted by molar-refractivity contribution is -0.142. The number of aryl methyl sites for hydroxylation is 1. The van der Waals surface area contributed by atoms with Gasteiger partial charge in [0, 0.05) is 36.5 Å². The van der Waals surface area contributed by atoms with Crippen molar-refractivity contribution in [3.05, 3.63) is 56.9 Å². The molecule has 3 N–H and O–H groups in total. The largest absolute Gasteiger partial charge is 0.497 e. The van der Waals surface area contributed by atoms with Gasteiger partial charge in [-0.3, -0.25) is 14.4 Å². The van der Waals surface area contributed by atoms with E-state index in [4.69, 9.17) is 19.2 Å². The van der Waals surface area contributed by atoms with Gasteiger partial charge < -0.3 is 34.5 Å². The average Bonchev–Trinajstić information content (AvgIpc) is 3.34. The Labute approximate surface area is 255 Å². The van der Waals surface area contributed by atoms with Crippen LogP contribution in [0.1, 0.15) is 70.2 Å². The van der Waals surface area contributed by atoms with Crippen LogP contribution in [-0.2, 0) is 44.2 Å². The van der Waals surface area contributed by atoms with Gasteiger partial charge in [0.15, 0.2) is 5.60 Å². The zero-order valence-electron chi connectivity index (χ0n) is 26.3. The molecule has 1 aliphatic heterocycles. The molecule has 0 saturated carbocycles. The standard InChI is InChI=1S/C32H40N4O8/c1-8-20-21-14-19(42-7)10-11-25(21)35-27-22(20)16-36-26(27)15-24(23(28(36)38)17-43-18(3)37)32(41,9-2)29(39)33-12-13-34-30(40)44-31(4,5)6/h10-11,14-15,41H,8-9,12-13,16-17H2,1-7H3,(H,33,39)(H,34,40). The minimum absolute atomic E-state index is 0.00703. The molecule has 1 atom stereocenters. The van der Waals surface area contributed by atoms with E-state index >= 15 is 0 Å². The summed E-state index contributed by atoms with van der Waals surface area (Å²) in [5.74, 6) is -0.699. The molecular formula is C32H40N4O8. The summed E-state index contributed by atoms with van der Waals surface area (Å²) in [6, 6.07) is 7.18. The molecule has 0 fully saturated rings. The fraction of sp³-hybridized carbons (Fsp3) is 0.469. The van der Waals surface area contributed by atoms with Crippen LogP contribution in [0, 0.1) is 0 Å². The van der Waals surface area contributed by atoms with Crippen molar-refractivity contribution >= 4 is 28.9 Å². The number of benzene rings is 1. The van der Waals surface area contributed by atoms with Crippen LogP contribution in [0.4, 0.5) is 4.79 Å². The lowest BCUT2D eigenvalue weighted by Gasteiger charge is -2.29. The van der Waals surface area contributed by atoms with E-state index in [1.54, 1.807) is 40.9 Å². The molecule has 2 amide bonds. The van der Waals surface area contributed by atoms with E-state index in [-0.39, 0.29) is 37.2 Å². The van der Waals surface area contributed by atoms with Crippen LogP contribution >= 0.6 is 0 Å². The Morgan fingerprint density at radius 1 is 1.07 bits per heavy atom. The van der Waals surface area contributed by atoms with Crippen LogP contribution in [0.3, 0.4) is 0 Å². The molecular weight excluding hydrogens is 568 g/mol. The zero-order valence-corrected chi connectivity index (χ0v) is 26.3. The number of aromatic nitrogens is 2. The minimum atomic E-state index is -2.16. The van der Waals surface area contributed by atoms with Crippen LogP contribution in [0.5, 0.6) is 5.75 Å². The molecule has 1 unspecified atom stereocenters. The molecule has 12 nitrogen and oxygen atoms in total. The first-order chi connectivity index (χ1) is 20.7. The summed E-state index contributed by atoms with van der Waals surface area (Å²) in [6.45, 7) is 9.89. The number of aliphatic hydroxyl groups is 1. The SMILES string of the molecule is CCc1c2c(nc3ccc(OC)cc13)-c1cc(C(O)(CC)C(=O)NCCNC(=O)OC(C)(C)C)c(COC(C)=O)c(=O)n1C2. The highest BCUT2D eigenvalue weighted by atomic mass is 16.6. The molecule has 0 saturated heterocycles. The summed E-state index contributed by atoms with van der Waals surface area (Å²) >= 11 is 0. The Morgan fingerprint density at radius 3 is 2.39 bits per heavy atom. The van der Waals surface area contributed by atoms with Crippen LogP contribution in [0.2, 0.25) is 0 Å². The number of amides is 2. The maximum atomic E-state index is 14.0. The number of esters is 1. The normalized spacial score (nSPS) is 13.5. The highest BCUT2D eigenvalue weighted by molar-refractivity contribution is 5.90. The molecule has 0 radical (unpaired) electrons. The lowest BCUT2D eigenvalue weighted by atomic mass is 9.86. The summed E-state index contributed by atoms with van der Waals surface area (Å²) in [7, 11) is 1.59. The van der Waals surface area contributed by atoms with Crippen molar-refractivity contribution in [1.29, 1.82) is 0 Å². The van der Waals surface area contributed by atoms with Crippen molar-refractivity contribution in [1.82, 2.24) is 20.2 Å². The van der Waals surface area contributed by atoms with E-state index < -0.39 is 41.3 Å². The second kappa shape index (κ2) is 12.7. The Hall–Kier alpha value is -4.45. The number of alkyl carbamates (subject to hydrolysis) is 1. The topological polar surface area (TPSA) is 158 Å². The molecule has 3 heterocycles. The molecule has 2 aromatic heterocycles. The molecule has 0 spiro atoms. The maximum absolute atomic E-state index is 14.0. The molecule has 12 heteroatoms. The lowest BCUT2D eigenvalue weighted by Crippen LogP contribution is -2.48. The number of fused-ring (bicyclic) bond motifs is 4. The predicted molar refractivity (Wildman–Crippen MR) is 163 cm³/mol. The Morgan fingerprint density at radius 2 is 1.77 bits per heavy atom. The first-order valence-electron chi connectivity index (χ1n) is 14.6. The second-order valence-corrected chi connectivity index (χ2v) is 11.6. The first-order valence-corrected chi connectivity index (χ1v) is 14.6. The molecule has 0 aliphatic carbocycles. The number of methoxy groups -OCH3 is 1. The van der Waals surface area contributed by atoms with Crippen LogP contribution in [0.25, 0.3) is 22.3 Å². The van der Waals surface area contributed by atoms with Gasteiger partial charge >= 0.3 is 12.1 Å². The number of nitrogens with one attached hydrogen (secondary N) is 2. The summed E-state index contributed by atoms with van der Waals surface area (Å²) in [4.78, 5) is 56.1. The van der Waals surface area contributed by atoms with Gasteiger partial charge in [0.05, 0.1) is 36.1 Å². The number of hydrogen-bond donors (Lipinski definition) is 3. The number of nitrogens with zero attached hydrogens (tertiary/aromatic N) is 2. The van der Waals surface area contributed by atoms with E-state index in [0.717, 1.165) is 16.5 Å². The molecule has 1 aromatic carbocycles. The number of hydrogen-bond acceptors (Lipinski definition) is 9. The van der Waals surface area contributed by atoms with Crippen molar-refractivity contribution < 1.29 is 33.7 Å². The summed E-state index contributed by atoms with van der Waals surface area (Å²) in [5.41, 5.74) is 0.305. The van der Waals surface area contributed by atoms with Crippen LogP contribution in [-0.4, -0.2) is 58.4 Å². The van der Waals surface area contributed by atoms with Crippen molar-refractivity contribution in [2.24, 2.45) is 0 Å². The smallest absolute Gasteiger partial charge is 0.407 e. The third-order valence-corrected chi connectivity index (χ3v) is 7.56. The number of carbonyl (C=O) groups excluding carboxylic acids is 3. The number of rotatable bonds is 10. The van der Waals surface area contributed by atoms with Gasteiger partial charge in [-0.2, -0.15) is 0 Å². The summed E-state index contributed by atoms with van der Waals surface area (Å²) in [6.07, 6.45) is -0.0635. The van der Waals surface area contributed by atoms with Crippen molar-refractivity contribution in [2.45, 2.75) is 78.7 Å². The van der Waals surface area contributed by atoms with Gasteiger partial charge in [0.2, 0.25) is 0 Å². The molecule has 3 aromatic rings. The monoisotopic (exact) mass is 608 g/mol. The number of carbonyl (C=O) groups is 3. The molecule has 44 heavy (non-hydrogen) atoms. The zero-order chi connectivity index (χ0) is 32.4. The maximum Gasteiger partial charge on any atom is 0.407 e. The van der Waals surface area contributed by atoms with E-state index in [0.29, 0.717) is 29.1 Å². The van der Waals surface area contributed by atoms with Crippen molar-refractivity contribution in [2.75, 3.05) is 20.2 Å². The van der Waals surface area contributed by atoms with Gasteiger partial charge in [-0.15, -0.1) is 0 Å². The van der Waals surface area contributed by atoms with E-state index in [1.807, 2.05) is 25.1 Å². The highest BCUT2D eigenvalue weighted by Gasteiger charge is 2.41. The average molecular weight is 609 g/mol. The van der Waals surface area contributed by atoms with E-state index in [9.17, 15) is 24.3 Å². The Bertz CT molecular complexity index is 1670. The number of pyridine rings is 2. The van der Waals surface area contributed by atoms with Gasteiger partial charge in [-0.25, -0.2) is 9.78 Å². The molecule has 236 valence electrons. The quantitative estimate of drug-likeness (QED) is 0.181.